The van der Waals surface area contributed by atoms with E-state index in [-0.39, 0.29) is 25.4 Å². The average Bonchev–Trinajstić information content (AvgIpc) is 2.51. The quantitative estimate of drug-likeness (QED) is 0.172. The molecule has 1 heterocycles. The number of aliphatic imine (C=N–C) groups is 1. The molecule has 8 nitrogen and oxygen atoms in total. The van der Waals surface area contributed by atoms with E-state index in [2.05, 4.69) is 15.3 Å². The van der Waals surface area contributed by atoms with Gasteiger partial charge in [-0.05, 0) is 12.3 Å². The highest BCUT2D eigenvalue weighted by Crippen LogP contribution is 2.14. The summed E-state index contributed by atoms with van der Waals surface area (Å²) in [7, 11) is 0. The molecule has 0 spiro atoms. The molecule has 0 amide bonds. The lowest BCUT2D eigenvalue weighted by Crippen LogP contribution is -2.34. The molecule has 21 heavy (non-hydrogen) atoms. The fourth-order valence-electron chi connectivity index (χ4n) is 1.28. The molecule has 1 aromatic rings. The third-order valence-electron chi connectivity index (χ3n) is 2.37. The summed E-state index contributed by atoms with van der Waals surface area (Å²) in [6.45, 7) is 0.356. The van der Waals surface area contributed by atoms with Crippen molar-refractivity contribution >= 4 is 28.6 Å². The number of aliphatic hydroxyl groups is 1. The predicted octanol–water partition coefficient (Wildman–Crippen LogP) is -0.586. The van der Waals surface area contributed by atoms with E-state index in [1.807, 2.05) is 0 Å². The Morgan fingerprint density at radius 2 is 2.38 bits per heavy atom. The number of hydrogen-bond acceptors (Lipinski definition) is 8. The Hall–Kier alpha value is -1.68. The fourth-order valence-corrected chi connectivity index (χ4v) is 1.48. The minimum absolute atomic E-state index is 0.0314. The Bertz CT molecular complexity index is 498. The van der Waals surface area contributed by atoms with Crippen LogP contribution in [0.2, 0.25) is 0 Å². The summed E-state index contributed by atoms with van der Waals surface area (Å²) in [6, 6.07) is 1.53. The van der Waals surface area contributed by atoms with Gasteiger partial charge >= 0.3 is 5.97 Å². The second kappa shape index (κ2) is 9.29. The zero-order chi connectivity index (χ0) is 15.7. The summed E-state index contributed by atoms with van der Waals surface area (Å²) in [6.07, 6.45) is 4.00. The molecule has 6 N–H and O–H groups in total. The first-order chi connectivity index (χ1) is 10.1. The van der Waals surface area contributed by atoms with Crippen LogP contribution >= 0.6 is 11.8 Å². The van der Waals surface area contributed by atoms with Gasteiger partial charge in [-0.1, -0.05) is 11.8 Å². The minimum Gasteiger partial charge on any atom is -0.446 e. The SMILES string of the molecule is CSC(N)=Nc1cncc(C(=O)OCNCC(O)CN)c1. The molecule has 0 aliphatic rings. The maximum atomic E-state index is 11.8. The number of nitrogens with zero attached hydrogens (tertiary/aromatic N) is 2. The van der Waals surface area contributed by atoms with Gasteiger partial charge in [0.1, 0.15) is 6.73 Å². The Morgan fingerprint density at radius 3 is 3.05 bits per heavy atom. The highest BCUT2D eigenvalue weighted by molar-refractivity contribution is 8.13. The van der Waals surface area contributed by atoms with Crippen LogP contribution < -0.4 is 16.8 Å². The number of nitrogens with two attached hydrogens (primary N) is 2. The second-order valence-electron chi connectivity index (χ2n) is 4.01. The van der Waals surface area contributed by atoms with Gasteiger partial charge in [0.25, 0.3) is 0 Å². The summed E-state index contributed by atoms with van der Waals surface area (Å²) in [5.41, 5.74) is 11.6. The van der Waals surface area contributed by atoms with Crippen molar-refractivity contribution in [3.05, 3.63) is 24.0 Å². The largest absolute Gasteiger partial charge is 0.446 e. The first-order valence-corrected chi connectivity index (χ1v) is 7.38. The molecule has 0 fully saturated rings. The van der Waals surface area contributed by atoms with Gasteiger partial charge in [-0.3, -0.25) is 10.3 Å². The molecular weight excluding hydrogens is 294 g/mol. The van der Waals surface area contributed by atoms with Crippen molar-refractivity contribution < 1.29 is 14.6 Å². The van der Waals surface area contributed by atoms with Gasteiger partial charge in [0.2, 0.25) is 0 Å². The molecule has 0 saturated carbocycles. The van der Waals surface area contributed by atoms with E-state index in [1.54, 1.807) is 6.26 Å². The third-order valence-corrected chi connectivity index (χ3v) is 2.87. The lowest BCUT2D eigenvalue weighted by atomic mass is 10.3. The number of nitrogens with one attached hydrogen (secondary N) is 1. The van der Waals surface area contributed by atoms with Crippen LogP contribution in [0.3, 0.4) is 0 Å². The van der Waals surface area contributed by atoms with Crippen LogP contribution in [-0.2, 0) is 4.74 Å². The predicted molar refractivity (Wildman–Crippen MR) is 82.4 cm³/mol. The van der Waals surface area contributed by atoms with E-state index < -0.39 is 12.1 Å². The molecule has 1 rings (SSSR count). The van der Waals surface area contributed by atoms with Crippen LogP contribution in [0.15, 0.2) is 23.5 Å². The molecule has 0 saturated heterocycles. The molecule has 116 valence electrons. The second-order valence-corrected chi connectivity index (χ2v) is 4.83. The molecule has 0 aliphatic carbocycles. The van der Waals surface area contributed by atoms with Crippen molar-refractivity contribution in [3.63, 3.8) is 0 Å². The van der Waals surface area contributed by atoms with Crippen molar-refractivity contribution in [1.82, 2.24) is 10.3 Å². The van der Waals surface area contributed by atoms with E-state index in [0.717, 1.165) is 0 Å². The normalized spacial score (nSPS) is 13.0. The molecule has 0 aliphatic heterocycles. The summed E-state index contributed by atoms with van der Waals surface area (Å²) in [4.78, 5) is 19.8. The van der Waals surface area contributed by atoms with Gasteiger partial charge in [0, 0.05) is 19.3 Å². The van der Waals surface area contributed by atoms with Gasteiger partial charge in [0.15, 0.2) is 5.17 Å². The lowest BCUT2D eigenvalue weighted by molar-refractivity contribution is 0.0451. The number of hydrogen-bond donors (Lipinski definition) is 4. The van der Waals surface area contributed by atoms with Gasteiger partial charge < -0.3 is 21.3 Å². The van der Waals surface area contributed by atoms with Crippen molar-refractivity contribution in [1.29, 1.82) is 0 Å². The van der Waals surface area contributed by atoms with Crippen molar-refractivity contribution in [2.75, 3.05) is 26.1 Å². The highest BCUT2D eigenvalue weighted by Gasteiger charge is 2.09. The molecule has 0 radical (unpaired) electrons. The summed E-state index contributed by atoms with van der Waals surface area (Å²) < 4.78 is 4.98. The first kappa shape index (κ1) is 17.4. The maximum absolute atomic E-state index is 11.8. The first-order valence-electron chi connectivity index (χ1n) is 6.16. The molecule has 1 aromatic heterocycles. The Morgan fingerprint density at radius 1 is 1.62 bits per heavy atom. The number of amidine groups is 1. The van der Waals surface area contributed by atoms with E-state index >= 15 is 0 Å². The molecule has 0 bridgehead atoms. The maximum Gasteiger partial charge on any atom is 0.341 e. The summed E-state index contributed by atoms with van der Waals surface area (Å²) >= 11 is 1.30. The fraction of sp³-hybridized carbons (Fsp3) is 0.417. The van der Waals surface area contributed by atoms with E-state index in [4.69, 9.17) is 16.2 Å². The summed E-state index contributed by atoms with van der Waals surface area (Å²) in [5, 5.41) is 12.3. The number of carbonyl (C=O) groups is 1. The number of thioether (sulfide) groups is 1. The van der Waals surface area contributed by atoms with Crippen molar-refractivity contribution in [2.24, 2.45) is 16.5 Å². The van der Waals surface area contributed by atoms with Gasteiger partial charge in [-0.15, -0.1) is 0 Å². The average molecular weight is 313 g/mol. The lowest BCUT2D eigenvalue weighted by Gasteiger charge is -2.09. The Balaban J connectivity index is 2.53. The monoisotopic (exact) mass is 313 g/mol. The van der Waals surface area contributed by atoms with Crippen LogP contribution in [0.25, 0.3) is 0 Å². The van der Waals surface area contributed by atoms with Crippen LogP contribution in [0.5, 0.6) is 0 Å². The number of aliphatic hydroxyl groups excluding tert-OH is 1. The van der Waals surface area contributed by atoms with Crippen LogP contribution in [-0.4, -0.2) is 53.4 Å². The number of carbonyl (C=O) groups excluding carboxylic acids is 1. The Labute approximate surface area is 127 Å². The molecule has 9 heteroatoms. The number of esters is 1. The third kappa shape index (κ3) is 6.54. The van der Waals surface area contributed by atoms with Crippen molar-refractivity contribution in [3.8, 4) is 0 Å². The number of rotatable bonds is 7. The molecule has 1 atom stereocenters. The highest BCUT2D eigenvalue weighted by atomic mass is 32.2. The molecule has 1 unspecified atom stereocenters. The van der Waals surface area contributed by atoms with E-state index in [1.165, 1.54) is 30.2 Å². The minimum atomic E-state index is -0.669. The van der Waals surface area contributed by atoms with Gasteiger partial charge in [-0.25, -0.2) is 9.79 Å². The van der Waals surface area contributed by atoms with Crippen LogP contribution in [0, 0.1) is 0 Å². The molecule has 0 aromatic carbocycles. The summed E-state index contributed by atoms with van der Waals surface area (Å²) in [5.74, 6) is -0.544. The zero-order valence-electron chi connectivity index (χ0n) is 11.7. The number of pyridine rings is 1. The smallest absolute Gasteiger partial charge is 0.341 e. The topological polar surface area (TPSA) is 136 Å². The van der Waals surface area contributed by atoms with Crippen LogP contribution in [0.1, 0.15) is 10.4 Å². The van der Waals surface area contributed by atoms with E-state index in [0.29, 0.717) is 10.9 Å². The van der Waals surface area contributed by atoms with E-state index in [9.17, 15) is 9.90 Å². The number of ether oxygens (including phenoxy) is 1. The number of aromatic nitrogens is 1. The van der Waals surface area contributed by atoms with Gasteiger partial charge in [0.05, 0.1) is 23.6 Å². The van der Waals surface area contributed by atoms with Crippen LogP contribution in [0.4, 0.5) is 5.69 Å². The van der Waals surface area contributed by atoms with Crippen molar-refractivity contribution in [2.45, 2.75) is 6.10 Å². The molecular formula is C12H19N5O3S. The Kier molecular flexibility index (Phi) is 7.69. The van der Waals surface area contributed by atoms with Gasteiger partial charge in [-0.2, -0.15) is 0 Å². The zero-order valence-corrected chi connectivity index (χ0v) is 12.5. The standard InChI is InChI=1S/C12H19N5O3S/c1-21-12(14)17-9-2-8(4-15-5-9)11(19)20-7-16-6-10(18)3-13/h2,4-5,10,16,18H,3,6-7,13H2,1H3,(H2,14,17).